The van der Waals surface area contributed by atoms with E-state index < -0.39 is 9.84 Å². The number of hydrogen-bond acceptors (Lipinski definition) is 8. The third-order valence-electron chi connectivity index (χ3n) is 4.25. The number of aromatic nitrogens is 3. The normalized spacial score (nSPS) is 17.8. The molecule has 0 saturated carbocycles. The Kier molecular flexibility index (Phi) is 5.07. The van der Waals surface area contributed by atoms with Crippen LogP contribution in [0, 0.1) is 0 Å². The molecule has 9 heteroatoms. The number of nitrogens with zero attached hydrogens (tertiary/aromatic N) is 3. The van der Waals surface area contributed by atoms with Crippen LogP contribution in [0.4, 0.5) is 17.5 Å². The van der Waals surface area contributed by atoms with Crippen molar-refractivity contribution in [3.8, 4) is 11.5 Å². The van der Waals surface area contributed by atoms with Crippen LogP contribution in [0.2, 0.25) is 0 Å². The first-order valence-electron chi connectivity index (χ1n) is 8.83. The fraction of sp³-hybridized carbons (Fsp3) is 0.211. The van der Waals surface area contributed by atoms with E-state index in [2.05, 4.69) is 25.8 Å². The van der Waals surface area contributed by atoms with E-state index >= 15 is 0 Å². The Hall–Kier alpha value is -3.20. The molecule has 4 rings (SSSR count). The van der Waals surface area contributed by atoms with E-state index in [0.717, 1.165) is 11.4 Å². The number of ether oxygens (including phenoxy) is 1. The van der Waals surface area contributed by atoms with Crippen LogP contribution < -0.4 is 15.4 Å². The van der Waals surface area contributed by atoms with Gasteiger partial charge in [0.15, 0.2) is 21.4 Å². The maximum Gasteiger partial charge on any atom is 0.244 e. The molecule has 0 bridgehead atoms. The molecular formula is C19H19N5O3S. The summed E-state index contributed by atoms with van der Waals surface area (Å²) in [6.07, 6.45) is 2.03. The van der Waals surface area contributed by atoms with Crippen molar-refractivity contribution in [1.82, 2.24) is 15.2 Å². The van der Waals surface area contributed by atoms with Crippen molar-refractivity contribution in [1.29, 1.82) is 0 Å². The van der Waals surface area contributed by atoms with Gasteiger partial charge in [0.05, 0.1) is 23.4 Å². The molecule has 1 fully saturated rings. The van der Waals surface area contributed by atoms with Crippen LogP contribution in [0.1, 0.15) is 6.42 Å². The van der Waals surface area contributed by atoms with Gasteiger partial charge in [-0.05, 0) is 30.7 Å². The first-order valence-corrected chi connectivity index (χ1v) is 10.7. The van der Waals surface area contributed by atoms with Gasteiger partial charge in [0.25, 0.3) is 0 Å². The van der Waals surface area contributed by atoms with Gasteiger partial charge in [-0.1, -0.05) is 30.3 Å². The van der Waals surface area contributed by atoms with E-state index in [0.29, 0.717) is 18.0 Å². The average molecular weight is 397 g/mol. The Morgan fingerprint density at radius 3 is 2.61 bits per heavy atom. The van der Waals surface area contributed by atoms with Crippen molar-refractivity contribution in [3.63, 3.8) is 0 Å². The molecule has 1 saturated heterocycles. The Morgan fingerprint density at radius 1 is 1.04 bits per heavy atom. The van der Waals surface area contributed by atoms with Gasteiger partial charge >= 0.3 is 0 Å². The third-order valence-corrected chi connectivity index (χ3v) is 6.01. The van der Waals surface area contributed by atoms with Crippen molar-refractivity contribution < 1.29 is 13.2 Å². The highest BCUT2D eigenvalue weighted by Crippen LogP contribution is 2.31. The second kappa shape index (κ2) is 7.81. The highest BCUT2D eigenvalue weighted by atomic mass is 32.2. The van der Waals surface area contributed by atoms with Crippen molar-refractivity contribution in [3.05, 3.63) is 60.8 Å². The van der Waals surface area contributed by atoms with E-state index in [4.69, 9.17) is 4.74 Å². The largest absolute Gasteiger partial charge is 0.455 e. The lowest BCUT2D eigenvalue weighted by atomic mass is 10.3. The molecule has 0 spiro atoms. The van der Waals surface area contributed by atoms with Gasteiger partial charge in [-0.3, -0.25) is 0 Å². The van der Waals surface area contributed by atoms with Crippen LogP contribution in [0.15, 0.2) is 60.8 Å². The predicted molar refractivity (Wildman–Crippen MR) is 107 cm³/mol. The summed E-state index contributed by atoms with van der Waals surface area (Å²) in [6.45, 7) is 0. The van der Waals surface area contributed by atoms with E-state index in [9.17, 15) is 8.42 Å². The van der Waals surface area contributed by atoms with Crippen molar-refractivity contribution in [2.45, 2.75) is 12.5 Å². The van der Waals surface area contributed by atoms with Gasteiger partial charge in [-0.15, -0.1) is 5.10 Å². The summed E-state index contributed by atoms with van der Waals surface area (Å²) in [7, 11) is -2.98. The zero-order valence-electron chi connectivity index (χ0n) is 14.9. The molecule has 28 heavy (non-hydrogen) atoms. The molecule has 144 valence electrons. The lowest BCUT2D eigenvalue weighted by molar-refractivity contribution is 0.485. The number of rotatable bonds is 6. The molecular weight excluding hydrogens is 378 g/mol. The Balaban J connectivity index is 1.49. The summed E-state index contributed by atoms with van der Waals surface area (Å²) in [5, 5.41) is 14.1. The summed E-state index contributed by atoms with van der Waals surface area (Å²) in [4.78, 5) is 4.38. The van der Waals surface area contributed by atoms with Crippen LogP contribution in [0.3, 0.4) is 0 Å². The quantitative estimate of drug-likeness (QED) is 0.654. The number of nitrogens with one attached hydrogen (secondary N) is 2. The standard InChI is InChI=1S/C19H19N5O3S/c25-28(26)11-10-14(13-28)21-19-23-18(12-20-24-19)22-16-8-4-5-9-17(16)27-15-6-2-1-3-7-15/h1-9,12,14H,10-11,13H2,(H2,21,22,23,24). The monoisotopic (exact) mass is 397 g/mol. The molecule has 0 radical (unpaired) electrons. The number of benzene rings is 2. The fourth-order valence-electron chi connectivity index (χ4n) is 2.93. The van der Waals surface area contributed by atoms with Gasteiger partial charge in [0.1, 0.15) is 5.75 Å². The van der Waals surface area contributed by atoms with Gasteiger partial charge in [-0.25, -0.2) is 8.42 Å². The molecule has 1 unspecified atom stereocenters. The maximum atomic E-state index is 11.6. The van der Waals surface area contributed by atoms with Crippen LogP contribution in [-0.4, -0.2) is 41.1 Å². The second-order valence-electron chi connectivity index (χ2n) is 6.45. The summed E-state index contributed by atoms with van der Waals surface area (Å²) < 4.78 is 29.1. The van der Waals surface area contributed by atoms with E-state index in [1.54, 1.807) is 0 Å². The van der Waals surface area contributed by atoms with Crippen LogP contribution in [0.25, 0.3) is 0 Å². The van der Waals surface area contributed by atoms with Gasteiger partial charge in [0.2, 0.25) is 5.95 Å². The van der Waals surface area contributed by atoms with Gasteiger partial charge < -0.3 is 15.4 Å². The minimum absolute atomic E-state index is 0.0851. The topological polar surface area (TPSA) is 106 Å². The number of hydrogen-bond donors (Lipinski definition) is 2. The molecule has 1 aliphatic rings. The Labute approximate surface area is 162 Å². The zero-order valence-corrected chi connectivity index (χ0v) is 15.8. The molecule has 2 heterocycles. The molecule has 3 aromatic rings. The smallest absolute Gasteiger partial charge is 0.244 e. The molecule has 1 atom stereocenters. The fourth-order valence-corrected chi connectivity index (χ4v) is 4.60. The first kappa shape index (κ1) is 18.2. The number of anilines is 3. The van der Waals surface area contributed by atoms with Crippen molar-refractivity contribution in [2.75, 3.05) is 22.1 Å². The minimum Gasteiger partial charge on any atom is -0.455 e. The molecule has 8 nitrogen and oxygen atoms in total. The molecule has 2 N–H and O–H groups in total. The van der Waals surface area contributed by atoms with Crippen molar-refractivity contribution >= 4 is 27.3 Å². The van der Waals surface area contributed by atoms with E-state index in [-0.39, 0.29) is 23.5 Å². The first-order chi connectivity index (χ1) is 13.6. The van der Waals surface area contributed by atoms with Gasteiger partial charge in [0, 0.05) is 6.04 Å². The summed E-state index contributed by atoms with van der Waals surface area (Å²) in [5.74, 6) is 2.39. The third kappa shape index (κ3) is 4.55. The highest BCUT2D eigenvalue weighted by Gasteiger charge is 2.28. The lowest BCUT2D eigenvalue weighted by Crippen LogP contribution is -2.22. The number of para-hydroxylation sites is 3. The second-order valence-corrected chi connectivity index (χ2v) is 8.67. The predicted octanol–water partition coefficient (Wildman–Crippen LogP) is 3.01. The maximum absolute atomic E-state index is 11.6. The SMILES string of the molecule is O=S1(=O)CCC(Nc2nncc(Nc3ccccc3Oc3ccccc3)n2)C1. The van der Waals surface area contributed by atoms with Crippen LogP contribution >= 0.6 is 0 Å². The Bertz CT molecular complexity index is 1060. The van der Waals surface area contributed by atoms with E-state index in [1.807, 2.05) is 54.6 Å². The molecule has 2 aromatic carbocycles. The van der Waals surface area contributed by atoms with Gasteiger partial charge in [-0.2, -0.15) is 10.1 Å². The lowest BCUT2D eigenvalue weighted by Gasteiger charge is -2.14. The molecule has 0 amide bonds. The zero-order chi connectivity index (χ0) is 19.4. The number of sulfone groups is 1. The Morgan fingerprint density at radius 2 is 1.82 bits per heavy atom. The minimum atomic E-state index is -2.98. The highest BCUT2D eigenvalue weighted by molar-refractivity contribution is 7.91. The molecule has 1 aromatic heterocycles. The van der Waals surface area contributed by atoms with E-state index in [1.165, 1.54) is 6.20 Å². The average Bonchev–Trinajstić information content (AvgIpc) is 3.03. The summed E-state index contributed by atoms with van der Waals surface area (Å²) in [5.41, 5.74) is 0.723. The van der Waals surface area contributed by atoms with Crippen LogP contribution in [-0.2, 0) is 9.84 Å². The molecule has 0 aliphatic carbocycles. The summed E-state index contributed by atoms with van der Waals surface area (Å²) >= 11 is 0. The summed E-state index contributed by atoms with van der Waals surface area (Å²) in [6, 6.07) is 16.8. The van der Waals surface area contributed by atoms with Crippen LogP contribution in [0.5, 0.6) is 11.5 Å². The van der Waals surface area contributed by atoms with Crippen molar-refractivity contribution in [2.24, 2.45) is 0 Å². The molecule has 1 aliphatic heterocycles.